The van der Waals surface area contributed by atoms with Gasteiger partial charge in [-0.05, 0) is 25.0 Å². The number of ether oxygens (including phenoxy) is 2. The quantitative estimate of drug-likeness (QED) is 0.754. The lowest BCUT2D eigenvalue weighted by molar-refractivity contribution is -0.136. The van der Waals surface area contributed by atoms with Crippen molar-refractivity contribution in [2.45, 2.75) is 32.0 Å². The maximum Gasteiger partial charge on any atom is 0.315 e. The number of carbonyl (C=O) groups excluding carboxylic acids is 2. The number of carbonyl (C=O) groups is 2. The third kappa shape index (κ3) is 4.48. The van der Waals surface area contributed by atoms with Crippen LogP contribution < -0.4 is 15.2 Å². The van der Waals surface area contributed by atoms with E-state index >= 15 is 0 Å². The molecule has 0 radical (unpaired) electrons. The van der Waals surface area contributed by atoms with Crippen LogP contribution in [-0.4, -0.2) is 48.5 Å². The number of para-hydroxylation sites is 1. The van der Waals surface area contributed by atoms with Gasteiger partial charge in [0.2, 0.25) is 5.91 Å². The molecule has 0 aromatic heterocycles. The molecule has 0 spiro atoms. The zero-order chi connectivity index (χ0) is 21.7. The standard InChI is InChI=1S/C22H26FN3O4/c1-29-19-11-5-8-16(20(19)30-2)14-25(13-15-7-3-4-9-17(15)23)21(27)18-10-6-12-26(18)22(24)28/h3-5,7-9,11,18H,6,10,12-14H2,1-2H3,(H2,24,28)/t18-/m0/s1. The number of primary amides is 1. The lowest BCUT2D eigenvalue weighted by atomic mass is 10.1. The Morgan fingerprint density at radius 2 is 1.80 bits per heavy atom. The summed E-state index contributed by atoms with van der Waals surface area (Å²) in [6, 6.07) is 10.4. The molecule has 1 aliphatic rings. The minimum Gasteiger partial charge on any atom is -0.493 e. The third-order valence-electron chi connectivity index (χ3n) is 5.30. The van der Waals surface area contributed by atoms with Crippen LogP contribution >= 0.6 is 0 Å². The average Bonchev–Trinajstić information content (AvgIpc) is 3.24. The van der Waals surface area contributed by atoms with Gasteiger partial charge in [-0.3, -0.25) is 4.79 Å². The highest BCUT2D eigenvalue weighted by Crippen LogP contribution is 2.32. The maximum atomic E-state index is 14.3. The Morgan fingerprint density at radius 3 is 2.47 bits per heavy atom. The van der Waals surface area contributed by atoms with Gasteiger partial charge in [0.15, 0.2) is 11.5 Å². The molecule has 1 aliphatic heterocycles. The number of nitrogens with two attached hydrogens (primary N) is 1. The first kappa shape index (κ1) is 21.4. The molecule has 1 fully saturated rings. The molecule has 2 aromatic carbocycles. The number of amides is 3. The Bertz CT molecular complexity index is 921. The number of hydrogen-bond acceptors (Lipinski definition) is 4. The molecule has 3 rings (SSSR count). The van der Waals surface area contributed by atoms with Crippen LogP contribution in [0, 0.1) is 5.82 Å². The molecule has 1 saturated heterocycles. The molecular formula is C22H26FN3O4. The topological polar surface area (TPSA) is 85.1 Å². The second-order valence-corrected chi connectivity index (χ2v) is 7.13. The normalized spacial score (nSPS) is 15.7. The molecule has 7 nitrogen and oxygen atoms in total. The number of methoxy groups -OCH3 is 2. The largest absolute Gasteiger partial charge is 0.493 e. The number of urea groups is 1. The van der Waals surface area contributed by atoms with E-state index in [0.29, 0.717) is 42.0 Å². The molecule has 1 atom stereocenters. The highest BCUT2D eigenvalue weighted by atomic mass is 19.1. The van der Waals surface area contributed by atoms with Gasteiger partial charge in [-0.1, -0.05) is 30.3 Å². The van der Waals surface area contributed by atoms with Crippen molar-refractivity contribution in [3.63, 3.8) is 0 Å². The van der Waals surface area contributed by atoms with Crippen molar-refractivity contribution in [2.24, 2.45) is 5.73 Å². The molecule has 0 unspecified atom stereocenters. The summed E-state index contributed by atoms with van der Waals surface area (Å²) in [6.45, 7) is 0.646. The Hall–Kier alpha value is -3.29. The van der Waals surface area contributed by atoms with Crippen LogP contribution in [0.1, 0.15) is 24.0 Å². The van der Waals surface area contributed by atoms with E-state index in [4.69, 9.17) is 15.2 Å². The second-order valence-electron chi connectivity index (χ2n) is 7.13. The summed E-state index contributed by atoms with van der Waals surface area (Å²) in [6.07, 6.45) is 1.21. The Balaban J connectivity index is 1.95. The van der Waals surface area contributed by atoms with Gasteiger partial charge in [0.1, 0.15) is 11.9 Å². The van der Waals surface area contributed by atoms with Gasteiger partial charge in [-0.25, -0.2) is 9.18 Å². The van der Waals surface area contributed by atoms with Crippen LogP contribution in [0.25, 0.3) is 0 Å². The van der Waals surface area contributed by atoms with Crippen molar-refractivity contribution in [3.8, 4) is 11.5 Å². The van der Waals surface area contributed by atoms with Crippen molar-refractivity contribution in [1.29, 1.82) is 0 Å². The van der Waals surface area contributed by atoms with Crippen molar-refractivity contribution in [3.05, 3.63) is 59.4 Å². The summed E-state index contributed by atoms with van der Waals surface area (Å²) in [4.78, 5) is 28.1. The predicted molar refractivity (Wildman–Crippen MR) is 110 cm³/mol. The zero-order valence-electron chi connectivity index (χ0n) is 17.1. The number of likely N-dealkylation sites (tertiary alicyclic amines) is 1. The van der Waals surface area contributed by atoms with Crippen molar-refractivity contribution in [1.82, 2.24) is 9.80 Å². The molecule has 8 heteroatoms. The molecule has 3 amide bonds. The van der Waals surface area contributed by atoms with Gasteiger partial charge < -0.3 is 25.0 Å². The Kier molecular flexibility index (Phi) is 6.76. The van der Waals surface area contributed by atoms with Crippen LogP contribution in [-0.2, 0) is 17.9 Å². The molecule has 160 valence electrons. The first-order valence-electron chi connectivity index (χ1n) is 9.74. The van der Waals surface area contributed by atoms with E-state index < -0.39 is 17.9 Å². The number of halogens is 1. The van der Waals surface area contributed by atoms with Crippen molar-refractivity contribution in [2.75, 3.05) is 20.8 Å². The summed E-state index contributed by atoms with van der Waals surface area (Å²) in [5.74, 6) is 0.364. The van der Waals surface area contributed by atoms with E-state index in [-0.39, 0.29) is 19.0 Å². The zero-order valence-corrected chi connectivity index (χ0v) is 17.1. The third-order valence-corrected chi connectivity index (χ3v) is 5.30. The highest BCUT2D eigenvalue weighted by molar-refractivity contribution is 5.87. The summed E-state index contributed by atoms with van der Waals surface area (Å²) in [5.41, 5.74) is 6.56. The van der Waals surface area contributed by atoms with E-state index in [1.165, 1.54) is 30.1 Å². The van der Waals surface area contributed by atoms with Crippen molar-refractivity contribution < 1.29 is 23.5 Å². The van der Waals surface area contributed by atoms with E-state index in [9.17, 15) is 14.0 Å². The number of rotatable bonds is 7. The van der Waals surface area contributed by atoms with Gasteiger partial charge in [0, 0.05) is 30.8 Å². The monoisotopic (exact) mass is 415 g/mol. The molecular weight excluding hydrogens is 389 g/mol. The van der Waals surface area contributed by atoms with Crippen LogP contribution in [0.15, 0.2) is 42.5 Å². The summed E-state index contributed by atoms with van der Waals surface area (Å²) in [7, 11) is 3.06. The molecule has 2 N–H and O–H groups in total. The lowest BCUT2D eigenvalue weighted by Gasteiger charge is -2.30. The molecule has 0 saturated carbocycles. The number of benzene rings is 2. The van der Waals surface area contributed by atoms with Crippen molar-refractivity contribution >= 4 is 11.9 Å². The summed E-state index contributed by atoms with van der Waals surface area (Å²) < 4.78 is 25.2. The first-order valence-corrected chi connectivity index (χ1v) is 9.74. The lowest BCUT2D eigenvalue weighted by Crippen LogP contribution is -2.49. The van der Waals surface area contributed by atoms with Gasteiger partial charge >= 0.3 is 6.03 Å². The average molecular weight is 415 g/mol. The Labute approximate surface area is 175 Å². The van der Waals surface area contributed by atoms with Crippen LogP contribution in [0.5, 0.6) is 11.5 Å². The molecule has 0 aliphatic carbocycles. The van der Waals surface area contributed by atoms with Crippen LogP contribution in [0.4, 0.5) is 9.18 Å². The minimum absolute atomic E-state index is 0.0506. The molecule has 2 aromatic rings. The van der Waals surface area contributed by atoms with E-state index in [2.05, 4.69) is 0 Å². The van der Waals surface area contributed by atoms with E-state index in [1.54, 1.807) is 30.3 Å². The van der Waals surface area contributed by atoms with Gasteiger partial charge in [-0.15, -0.1) is 0 Å². The smallest absolute Gasteiger partial charge is 0.315 e. The number of hydrogen-bond donors (Lipinski definition) is 1. The molecule has 1 heterocycles. The first-order chi connectivity index (χ1) is 14.5. The fourth-order valence-electron chi connectivity index (χ4n) is 3.83. The number of nitrogens with zero attached hydrogens (tertiary/aromatic N) is 2. The van der Waals surface area contributed by atoms with Gasteiger partial charge in [-0.2, -0.15) is 0 Å². The van der Waals surface area contributed by atoms with Crippen LogP contribution in [0.2, 0.25) is 0 Å². The fraction of sp³-hybridized carbons (Fsp3) is 0.364. The predicted octanol–water partition coefficient (Wildman–Crippen LogP) is 2.91. The summed E-state index contributed by atoms with van der Waals surface area (Å²) >= 11 is 0. The van der Waals surface area contributed by atoms with E-state index in [0.717, 1.165) is 0 Å². The van der Waals surface area contributed by atoms with Gasteiger partial charge in [0.25, 0.3) is 0 Å². The molecule has 30 heavy (non-hydrogen) atoms. The minimum atomic E-state index is -0.661. The van der Waals surface area contributed by atoms with Gasteiger partial charge in [0.05, 0.1) is 14.2 Å². The maximum absolute atomic E-state index is 14.3. The van der Waals surface area contributed by atoms with E-state index in [1.807, 2.05) is 6.07 Å². The summed E-state index contributed by atoms with van der Waals surface area (Å²) in [5, 5.41) is 0. The highest BCUT2D eigenvalue weighted by Gasteiger charge is 2.36. The van der Waals surface area contributed by atoms with Crippen LogP contribution in [0.3, 0.4) is 0 Å². The second kappa shape index (κ2) is 9.47. The molecule has 0 bridgehead atoms. The SMILES string of the molecule is COc1cccc(CN(Cc2ccccc2F)C(=O)[C@@H]2CCCN2C(N)=O)c1OC. The fourth-order valence-corrected chi connectivity index (χ4v) is 3.83. The Morgan fingerprint density at radius 1 is 1.10 bits per heavy atom.